The number of piperidine rings is 1. The van der Waals surface area contributed by atoms with Gasteiger partial charge in [-0.2, -0.15) is 0 Å². The molecule has 0 aliphatic carbocycles. The predicted octanol–water partition coefficient (Wildman–Crippen LogP) is 0.802. The Labute approximate surface area is 163 Å². The molecule has 8 nitrogen and oxygen atoms in total. The Hall–Kier alpha value is -2.42. The van der Waals surface area contributed by atoms with E-state index in [1.165, 1.54) is 36.9 Å². The number of rotatable bonds is 4. The fraction of sp³-hybridized carbons (Fsp3) is 0.526. The van der Waals surface area contributed by atoms with E-state index in [-0.39, 0.29) is 29.0 Å². The molecule has 0 radical (unpaired) electrons. The minimum atomic E-state index is -3.71. The highest BCUT2D eigenvalue weighted by Gasteiger charge is 2.25. The number of nitrogens with zero attached hydrogens (tertiary/aromatic N) is 3. The van der Waals surface area contributed by atoms with E-state index in [1.54, 1.807) is 4.90 Å². The Morgan fingerprint density at radius 3 is 2.36 bits per heavy atom. The Morgan fingerprint density at radius 1 is 1.07 bits per heavy atom. The van der Waals surface area contributed by atoms with Crippen molar-refractivity contribution in [2.45, 2.75) is 43.5 Å². The summed E-state index contributed by atoms with van der Waals surface area (Å²) in [7, 11) is -0.801. The van der Waals surface area contributed by atoms with Crippen molar-refractivity contribution in [1.82, 2.24) is 14.0 Å². The third-order valence-electron chi connectivity index (χ3n) is 5.53. The van der Waals surface area contributed by atoms with Crippen LogP contribution in [0.5, 0.6) is 0 Å². The van der Waals surface area contributed by atoms with Crippen LogP contribution in [-0.2, 0) is 28.7 Å². The number of hydrogen-bond acceptors (Lipinski definition) is 5. The van der Waals surface area contributed by atoms with E-state index >= 15 is 0 Å². The maximum atomic E-state index is 12.8. The highest BCUT2D eigenvalue weighted by molar-refractivity contribution is 7.91. The van der Waals surface area contributed by atoms with Gasteiger partial charge in [0.15, 0.2) is 9.84 Å². The van der Waals surface area contributed by atoms with Crippen molar-refractivity contribution in [2.24, 2.45) is 14.1 Å². The van der Waals surface area contributed by atoms with Gasteiger partial charge in [-0.05, 0) is 44.4 Å². The lowest BCUT2D eigenvalue weighted by molar-refractivity contribution is -0.133. The summed E-state index contributed by atoms with van der Waals surface area (Å²) >= 11 is 0. The minimum Gasteiger partial charge on any atom is -0.340 e. The lowest BCUT2D eigenvalue weighted by Crippen LogP contribution is -2.42. The van der Waals surface area contributed by atoms with Crippen LogP contribution in [0, 0.1) is 0 Å². The molecule has 1 amide bonds. The Bertz CT molecular complexity index is 1150. The first-order valence-corrected chi connectivity index (χ1v) is 11.0. The molecule has 0 saturated carbocycles. The summed E-state index contributed by atoms with van der Waals surface area (Å²) in [5.41, 5.74) is -0.584. The van der Waals surface area contributed by atoms with Gasteiger partial charge in [-0.25, -0.2) is 8.42 Å². The number of benzene rings is 1. The topological polar surface area (TPSA) is 98.5 Å². The highest BCUT2D eigenvalue weighted by Crippen LogP contribution is 2.21. The summed E-state index contributed by atoms with van der Waals surface area (Å²) in [5.74, 6) is -0.438. The van der Waals surface area contributed by atoms with Gasteiger partial charge in [0, 0.05) is 33.1 Å². The number of sulfone groups is 1. The average molecular weight is 407 g/mol. The van der Waals surface area contributed by atoms with Crippen molar-refractivity contribution in [3.63, 3.8) is 0 Å². The summed E-state index contributed by atoms with van der Waals surface area (Å²) in [4.78, 5) is 38.2. The maximum absolute atomic E-state index is 12.8. The number of amides is 1. The molecule has 152 valence electrons. The maximum Gasteiger partial charge on any atom is 0.316 e. The zero-order valence-electron chi connectivity index (χ0n) is 16.3. The van der Waals surface area contributed by atoms with E-state index in [0.29, 0.717) is 17.6 Å². The largest absolute Gasteiger partial charge is 0.340 e. The fourth-order valence-electron chi connectivity index (χ4n) is 3.71. The molecular weight excluding hydrogens is 382 g/mol. The van der Waals surface area contributed by atoms with Gasteiger partial charge in [-0.15, -0.1) is 0 Å². The standard InChI is InChI=1S/C19H25N3O5S/c1-13-6-4-5-10-22(13)17(23)9-11-28(26,27)14-7-8-15-16(12-14)21(3)19(25)18(24)20(15)2/h7-8,12-13H,4-6,9-11H2,1-3H3/t13-/m0/s1. The molecule has 1 fully saturated rings. The van der Waals surface area contributed by atoms with Gasteiger partial charge in [0.25, 0.3) is 0 Å². The third kappa shape index (κ3) is 3.63. The van der Waals surface area contributed by atoms with Crippen molar-refractivity contribution < 1.29 is 13.2 Å². The molecule has 1 atom stereocenters. The smallest absolute Gasteiger partial charge is 0.316 e. The number of likely N-dealkylation sites (tertiary alicyclic amines) is 1. The highest BCUT2D eigenvalue weighted by atomic mass is 32.2. The zero-order chi connectivity index (χ0) is 20.6. The first-order chi connectivity index (χ1) is 13.1. The molecule has 1 aliphatic heterocycles. The molecule has 0 spiro atoms. The quantitative estimate of drug-likeness (QED) is 0.698. The number of hydrogen-bond donors (Lipinski definition) is 0. The molecule has 9 heteroatoms. The van der Waals surface area contributed by atoms with E-state index in [4.69, 9.17) is 0 Å². The van der Waals surface area contributed by atoms with Gasteiger partial charge >= 0.3 is 11.1 Å². The second-order valence-electron chi connectivity index (χ2n) is 7.38. The van der Waals surface area contributed by atoms with E-state index in [9.17, 15) is 22.8 Å². The number of fused-ring (bicyclic) bond motifs is 1. The van der Waals surface area contributed by atoms with Crippen LogP contribution in [0.15, 0.2) is 32.7 Å². The molecule has 0 bridgehead atoms. The molecule has 1 aliphatic rings. The van der Waals surface area contributed by atoms with Gasteiger partial charge in [0.1, 0.15) is 0 Å². The SMILES string of the molecule is C[C@H]1CCCCN1C(=O)CCS(=O)(=O)c1ccc2c(c1)n(C)c(=O)c(=O)n2C. The van der Waals surface area contributed by atoms with Crippen molar-refractivity contribution in [3.8, 4) is 0 Å². The van der Waals surface area contributed by atoms with Gasteiger partial charge in [-0.1, -0.05) is 0 Å². The number of carbonyl (C=O) groups is 1. The first-order valence-electron chi connectivity index (χ1n) is 9.35. The summed E-state index contributed by atoms with van der Waals surface area (Å²) in [6.45, 7) is 2.66. The second-order valence-corrected chi connectivity index (χ2v) is 9.49. The second kappa shape index (κ2) is 7.54. The number of aryl methyl sites for hydroxylation is 2. The van der Waals surface area contributed by atoms with Gasteiger partial charge < -0.3 is 14.0 Å². The molecule has 2 aromatic rings. The van der Waals surface area contributed by atoms with E-state index < -0.39 is 21.0 Å². The average Bonchev–Trinajstić information content (AvgIpc) is 2.68. The van der Waals surface area contributed by atoms with Crippen molar-refractivity contribution in [2.75, 3.05) is 12.3 Å². The summed E-state index contributed by atoms with van der Waals surface area (Å²) in [6.07, 6.45) is 2.90. The van der Waals surface area contributed by atoms with Crippen molar-refractivity contribution in [1.29, 1.82) is 0 Å². The molecule has 1 aromatic heterocycles. The van der Waals surface area contributed by atoms with Crippen LogP contribution in [0.4, 0.5) is 0 Å². The Kier molecular flexibility index (Phi) is 5.47. The van der Waals surface area contributed by atoms with Crippen LogP contribution < -0.4 is 11.1 Å². The zero-order valence-corrected chi connectivity index (χ0v) is 17.2. The lowest BCUT2D eigenvalue weighted by Gasteiger charge is -2.33. The first kappa shape index (κ1) is 20.3. The minimum absolute atomic E-state index is 0.0353. The monoisotopic (exact) mass is 407 g/mol. The molecule has 0 N–H and O–H groups in total. The van der Waals surface area contributed by atoms with E-state index in [0.717, 1.165) is 23.8 Å². The van der Waals surface area contributed by atoms with Crippen LogP contribution in [0.25, 0.3) is 11.0 Å². The van der Waals surface area contributed by atoms with Crippen LogP contribution in [0.3, 0.4) is 0 Å². The summed E-state index contributed by atoms with van der Waals surface area (Å²) < 4.78 is 27.9. The van der Waals surface area contributed by atoms with Crippen LogP contribution in [0.1, 0.15) is 32.6 Å². The lowest BCUT2D eigenvalue weighted by atomic mass is 10.0. The molecule has 2 heterocycles. The number of aromatic nitrogens is 2. The van der Waals surface area contributed by atoms with Gasteiger partial charge in [0.2, 0.25) is 5.91 Å². The Morgan fingerprint density at radius 2 is 1.71 bits per heavy atom. The van der Waals surface area contributed by atoms with Gasteiger partial charge in [-0.3, -0.25) is 14.4 Å². The predicted molar refractivity (Wildman–Crippen MR) is 106 cm³/mol. The van der Waals surface area contributed by atoms with Crippen molar-refractivity contribution >= 4 is 26.8 Å². The van der Waals surface area contributed by atoms with Crippen molar-refractivity contribution in [3.05, 3.63) is 38.9 Å². The third-order valence-corrected chi connectivity index (χ3v) is 7.24. The summed E-state index contributed by atoms with van der Waals surface area (Å²) in [6, 6.07) is 4.45. The molecule has 1 saturated heterocycles. The van der Waals surface area contributed by atoms with E-state index in [2.05, 4.69) is 0 Å². The normalized spacial score (nSPS) is 17.8. The van der Waals surface area contributed by atoms with E-state index in [1.807, 2.05) is 6.92 Å². The molecular formula is C19H25N3O5S. The molecule has 3 rings (SSSR count). The summed E-state index contributed by atoms with van der Waals surface area (Å²) in [5, 5.41) is 0. The van der Waals surface area contributed by atoms with Gasteiger partial charge in [0.05, 0.1) is 21.7 Å². The molecule has 1 aromatic carbocycles. The molecule has 0 unspecified atom stereocenters. The fourth-order valence-corrected chi connectivity index (χ4v) is 4.95. The number of carbonyl (C=O) groups excluding carboxylic acids is 1. The molecule has 28 heavy (non-hydrogen) atoms. The van der Waals surface area contributed by atoms with Crippen LogP contribution in [-0.4, -0.2) is 46.7 Å². The van der Waals surface area contributed by atoms with Crippen LogP contribution in [0.2, 0.25) is 0 Å². The van der Waals surface area contributed by atoms with Crippen LogP contribution >= 0.6 is 0 Å². The Balaban J connectivity index is 1.87.